The summed E-state index contributed by atoms with van der Waals surface area (Å²) in [6.07, 6.45) is -4.18. The summed E-state index contributed by atoms with van der Waals surface area (Å²) in [5, 5.41) is 0. The lowest BCUT2D eigenvalue weighted by molar-refractivity contribution is -0.137. The molecule has 1 amide bonds. The van der Waals surface area contributed by atoms with Gasteiger partial charge in [0.05, 0.1) is 28.9 Å². The second-order valence-electron chi connectivity index (χ2n) is 6.87. The topological polar surface area (TPSA) is 66.1 Å². The van der Waals surface area contributed by atoms with E-state index in [0.717, 1.165) is 12.1 Å². The lowest BCUT2D eigenvalue weighted by Gasteiger charge is -2.28. The summed E-state index contributed by atoms with van der Waals surface area (Å²) in [5.74, 6) is -1.01. The van der Waals surface area contributed by atoms with Gasteiger partial charge in [-0.2, -0.15) is 13.2 Å². The summed E-state index contributed by atoms with van der Waals surface area (Å²) in [7, 11) is 0. The van der Waals surface area contributed by atoms with Crippen LogP contribution in [0.2, 0.25) is 0 Å². The standard InChI is InChI=1S/C21H15F4N3O2/c22-16-4-2-1-3-14(16)20(30)28-10-9-17-15(11-28)19(29)27-18(26-17)12-5-7-13(8-6-12)21(23,24)25/h1-8H,9-11H2,(H,26,27,29). The highest BCUT2D eigenvalue weighted by molar-refractivity contribution is 5.94. The van der Waals surface area contributed by atoms with Gasteiger partial charge in [-0.3, -0.25) is 9.59 Å². The van der Waals surface area contributed by atoms with Crippen molar-refractivity contribution in [3.8, 4) is 11.4 Å². The fraction of sp³-hybridized carbons (Fsp3) is 0.190. The van der Waals surface area contributed by atoms with Crippen molar-refractivity contribution < 1.29 is 22.4 Å². The van der Waals surface area contributed by atoms with Gasteiger partial charge in [-0.05, 0) is 24.3 Å². The smallest absolute Gasteiger partial charge is 0.334 e. The van der Waals surface area contributed by atoms with Crippen molar-refractivity contribution in [2.75, 3.05) is 6.54 Å². The molecule has 3 aromatic rings. The van der Waals surface area contributed by atoms with Crippen LogP contribution < -0.4 is 5.56 Å². The molecule has 0 saturated carbocycles. The van der Waals surface area contributed by atoms with Crippen LogP contribution in [0.3, 0.4) is 0 Å². The van der Waals surface area contributed by atoms with Crippen molar-refractivity contribution >= 4 is 5.91 Å². The molecule has 0 spiro atoms. The van der Waals surface area contributed by atoms with Gasteiger partial charge in [0.1, 0.15) is 11.6 Å². The number of fused-ring (bicyclic) bond motifs is 1. The summed E-state index contributed by atoms with van der Waals surface area (Å²) in [4.78, 5) is 33.5. The molecular weight excluding hydrogens is 402 g/mol. The molecular formula is C21H15F4N3O2. The molecule has 0 saturated heterocycles. The Balaban J connectivity index is 1.61. The molecule has 1 aromatic heterocycles. The van der Waals surface area contributed by atoms with Crippen molar-refractivity contribution in [3.05, 3.63) is 87.1 Å². The molecule has 2 aromatic carbocycles. The molecule has 5 nitrogen and oxygen atoms in total. The zero-order valence-electron chi connectivity index (χ0n) is 15.5. The molecule has 2 heterocycles. The number of amides is 1. The van der Waals surface area contributed by atoms with Gasteiger partial charge in [-0.1, -0.05) is 24.3 Å². The van der Waals surface area contributed by atoms with Gasteiger partial charge in [-0.25, -0.2) is 9.37 Å². The number of aromatic nitrogens is 2. The van der Waals surface area contributed by atoms with Gasteiger partial charge < -0.3 is 9.88 Å². The number of benzene rings is 2. The van der Waals surface area contributed by atoms with E-state index in [1.54, 1.807) is 6.07 Å². The first-order valence-electron chi connectivity index (χ1n) is 9.07. The number of nitrogens with one attached hydrogen (secondary N) is 1. The Kier molecular flexibility index (Phi) is 4.89. The number of alkyl halides is 3. The fourth-order valence-corrected chi connectivity index (χ4v) is 3.36. The van der Waals surface area contributed by atoms with Crippen LogP contribution in [0.4, 0.5) is 17.6 Å². The lowest BCUT2D eigenvalue weighted by Crippen LogP contribution is -2.39. The summed E-state index contributed by atoms with van der Waals surface area (Å²) >= 11 is 0. The van der Waals surface area contributed by atoms with Crippen molar-refractivity contribution in [2.45, 2.75) is 19.1 Å². The Morgan fingerprint density at radius 3 is 2.43 bits per heavy atom. The minimum Gasteiger partial charge on any atom is -0.334 e. The van der Waals surface area contributed by atoms with E-state index in [1.807, 2.05) is 0 Å². The molecule has 1 aliphatic heterocycles. The van der Waals surface area contributed by atoms with Crippen LogP contribution in [0.1, 0.15) is 27.2 Å². The number of carbonyl (C=O) groups is 1. The number of hydrogen-bond acceptors (Lipinski definition) is 3. The van der Waals surface area contributed by atoms with Crippen LogP contribution in [0, 0.1) is 5.82 Å². The van der Waals surface area contributed by atoms with E-state index >= 15 is 0 Å². The van der Waals surface area contributed by atoms with E-state index in [0.29, 0.717) is 11.3 Å². The molecule has 9 heteroatoms. The van der Waals surface area contributed by atoms with E-state index in [2.05, 4.69) is 9.97 Å². The fourth-order valence-electron chi connectivity index (χ4n) is 3.36. The van der Waals surface area contributed by atoms with Crippen LogP contribution in [0.5, 0.6) is 0 Å². The van der Waals surface area contributed by atoms with E-state index in [9.17, 15) is 27.2 Å². The van der Waals surface area contributed by atoms with Gasteiger partial charge >= 0.3 is 6.18 Å². The number of hydrogen-bond donors (Lipinski definition) is 1. The largest absolute Gasteiger partial charge is 0.416 e. The number of nitrogens with zero attached hydrogens (tertiary/aromatic N) is 2. The molecule has 1 aliphatic rings. The highest BCUT2D eigenvalue weighted by Gasteiger charge is 2.30. The number of aromatic amines is 1. The Labute approximate surface area is 168 Å². The molecule has 0 bridgehead atoms. The lowest BCUT2D eigenvalue weighted by atomic mass is 10.0. The van der Waals surface area contributed by atoms with Gasteiger partial charge in [0.15, 0.2) is 0 Å². The summed E-state index contributed by atoms with van der Waals surface area (Å²) < 4.78 is 52.1. The summed E-state index contributed by atoms with van der Waals surface area (Å²) in [5.41, 5.74) is -0.276. The third kappa shape index (κ3) is 3.70. The second-order valence-corrected chi connectivity index (χ2v) is 6.87. The van der Waals surface area contributed by atoms with Crippen molar-refractivity contribution in [2.24, 2.45) is 0 Å². The third-order valence-electron chi connectivity index (χ3n) is 4.95. The minimum atomic E-state index is -4.45. The predicted molar refractivity (Wildman–Crippen MR) is 100 cm³/mol. The number of H-pyrrole nitrogens is 1. The Morgan fingerprint density at radius 1 is 1.07 bits per heavy atom. The van der Waals surface area contributed by atoms with Gasteiger partial charge in [0.25, 0.3) is 11.5 Å². The normalized spacial score (nSPS) is 13.8. The molecule has 30 heavy (non-hydrogen) atoms. The van der Waals surface area contributed by atoms with Gasteiger partial charge in [0, 0.05) is 18.5 Å². The summed E-state index contributed by atoms with van der Waals surface area (Å²) in [6.45, 7) is 0.210. The van der Waals surface area contributed by atoms with Crippen LogP contribution in [0.25, 0.3) is 11.4 Å². The minimum absolute atomic E-state index is 0.0296. The Bertz CT molecular complexity index is 1170. The first-order valence-corrected chi connectivity index (χ1v) is 9.07. The van der Waals surface area contributed by atoms with Crippen molar-refractivity contribution in [1.82, 2.24) is 14.9 Å². The van der Waals surface area contributed by atoms with Crippen LogP contribution in [-0.4, -0.2) is 27.3 Å². The first kappa shape index (κ1) is 19.8. The van der Waals surface area contributed by atoms with Crippen LogP contribution >= 0.6 is 0 Å². The molecule has 0 atom stereocenters. The molecule has 4 rings (SSSR count). The zero-order valence-corrected chi connectivity index (χ0v) is 15.5. The number of rotatable bonds is 2. The average molecular weight is 417 g/mol. The Hall–Kier alpha value is -3.49. The third-order valence-corrected chi connectivity index (χ3v) is 4.95. The summed E-state index contributed by atoms with van der Waals surface area (Å²) in [6, 6.07) is 9.93. The van der Waals surface area contributed by atoms with Crippen molar-refractivity contribution in [3.63, 3.8) is 0 Å². The first-order chi connectivity index (χ1) is 14.2. The van der Waals surface area contributed by atoms with E-state index in [1.165, 1.54) is 35.2 Å². The number of carbonyl (C=O) groups excluding carboxylic acids is 1. The molecule has 0 radical (unpaired) electrons. The molecule has 154 valence electrons. The number of halogens is 4. The average Bonchev–Trinajstić information content (AvgIpc) is 2.73. The van der Waals surface area contributed by atoms with Crippen LogP contribution in [0.15, 0.2) is 53.3 Å². The highest BCUT2D eigenvalue weighted by atomic mass is 19.4. The highest BCUT2D eigenvalue weighted by Crippen LogP contribution is 2.30. The predicted octanol–water partition coefficient (Wildman–Crippen LogP) is 3.79. The maximum Gasteiger partial charge on any atom is 0.416 e. The Morgan fingerprint density at radius 2 is 1.77 bits per heavy atom. The molecule has 0 unspecified atom stereocenters. The molecule has 0 fully saturated rings. The molecule has 1 N–H and O–H groups in total. The van der Waals surface area contributed by atoms with Gasteiger partial charge in [0.2, 0.25) is 0 Å². The monoisotopic (exact) mass is 417 g/mol. The van der Waals surface area contributed by atoms with Gasteiger partial charge in [-0.15, -0.1) is 0 Å². The van der Waals surface area contributed by atoms with E-state index < -0.39 is 29.0 Å². The maximum atomic E-state index is 13.9. The quantitative estimate of drug-likeness (QED) is 0.646. The molecule has 0 aliphatic carbocycles. The van der Waals surface area contributed by atoms with E-state index in [-0.39, 0.29) is 36.5 Å². The second kappa shape index (κ2) is 7.40. The SMILES string of the molecule is O=C(c1ccccc1F)N1CCc2nc(-c3ccc(C(F)(F)F)cc3)[nH]c(=O)c2C1. The van der Waals surface area contributed by atoms with Crippen molar-refractivity contribution in [1.29, 1.82) is 0 Å². The van der Waals surface area contributed by atoms with E-state index in [4.69, 9.17) is 0 Å². The zero-order chi connectivity index (χ0) is 21.5. The van der Waals surface area contributed by atoms with Crippen LogP contribution in [-0.2, 0) is 19.1 Å². The maximum absolute atomic E-state index is 13.9.